The summed E-state index contributed by atoms with van der Waals surface area (Å²) >= 11 is 0. The Morgan fingerprint density at radius 1 is 1.08 bits per heavy atom. The van der Waals surface area contributed by atoms with Crippen LogP contribution in [0.25, 0.3) is 22.3 Å². The topological polar surface area (TPSA) is 121 Å². The van der Waals surface area contributed by atoms with Crippen LogP contribution in [0.1, 0.15) is 25.1 Å². The lowest BCUT2D eigenvalue weighted by molar-refractivity contribution is -0.115. The van der Waals surface area contributed by atoms with Crippen molar-refractivity contribution in [2.75, 3.05) is 29.6 Å². The number of fused-ring (bicyclic) bond motifs is 1. The first-order valence-electron chi connectivity index (χ1n) is 12.8. The zero-order valence-electron chi connectivity index (χ0n) is 22.5. The van der Waals surface area contributed by atoms with Gasteiger partial charge in [0, 0.05) is 36.6 Å². The van der Waals surface area contributed by atoms with Gasteiger partial charge in [0.05, 0.1) is 55.9 Å². The van der Waals surface area contributed by atoms with Gasteiger partial charge in [-0.15, -0.1) is 0 Å². The van der Waals surface area contributed by atoms with E-state index in [4.69, 9.17) is 19.5 Å². The predicted octanol–water partition coefficient (Wildman–Crippen LogP) is 4.83. The van der Waals surface area contributed by atoms with Gasteiger partial charge < -0.3 is 15.0 Å². The van der Waals surface area contributed by atoms with Crippen LogP contribution in [-0.2, 0) is 25.7 Å². The summed E-state index contributed by atoms with van der Waals surface area (Å²) in [5.74, 6) is 0.635. The molecule has 1 saturated heterocycles. The molecule has 4 aromatic rings. The second kappa shape index (κ2) is 10.7. The lowest BCUT2D eigenvalue weighted by Gasteiger charge is -2.36. The van der Waals surface area contributed by atoms with Crippen LogP contribution in [0.2, 0.25) is 0 Å². The van der Waals surface area contributed by atoms with E-state index in [9.17, 15) is 9.00 Å². The van der Waals surface area contributed by atoms with Crippen LogP contribution in [-0.4, -0.2) is 56.6 Å². The van der Waals surface area contributed by atoms with Crippen LogP contribution in [0.15, 0.2) is 65.7 Å². The van der Waals surface area contributed by atoms with E-state index < -0.39 is 9.73 Å². The number of amides is 1. The second-order valence-corrected chi connectivity index (χ2v) is 12.3. The van der Waals surface area contributed by atoms with E-state index in [2.05, 4.69) is 29.0 Å². The van der Waals surface area contributed by atoms with Gasteiger partial charge in [0.1, 0.15) is 5.82 Å². The fourth-order valence-electron chi connectivity index (χ4n) is 4.87. The highest BCUT2D eigenvalue weighted by molar-refractivity contribution is 7.91. The molecule has 0 spiro atoms. The van der Waals surface area contributed by atoms with Crippen molar-refractivity contribution < 1.29 is 13.7 Å². The van der Waals surface area contributed by atoms with E-state index in [0.29, 0.717) is 16.3 Å². The number of morpholine rings is 1. The summed E-state index contributed by atoms with van der Waals surface area (Å²) in [6.07, 6.45) is 3.41. The fraction of sp³-hybridized carbons (Fsp3) is 0.310. The van der Waals surface area contributed by atoms with E-state index in [1.54, 1.807) is 31.3 Å². The maximum absolute atomic E-state index is 12.8. The first-order valence-corrected chi connectivity index (χ1v) is 14.8. The smallest absolute Gasteiger partial charge is 0.230 e. The molecule has 0 aliphatic carbocycles. The number of hydrogen-bond acceptors (Lipinski definition) is 8. The second-order valence-electron chi connectivity index (χ2n) is 10.2. The van der Waals surface area contributed by atoms with E-state index in [1.807, 2.05) is 36.4 Å². The number of aromatic nitrogens is 3. The van der Waals surface area contributed by atoms with Gasteiger partial charge in [0.15, 0.2) is 0 Å². The maximum Gasteiger partial charge on any atom is 0.230 e. The molecule has 10 heteroatoms. The van der Waals surface area contributed by atoms with Gasteiger partial charge in [-0.2, -0.15) is 0 Å². The molecule has 202 valence electrons. The highest BCUT2D eigenvalue weighted by atomic mass is 32.2. The Morgan fingerprint density at radius 3 is 2.56 bits per heavy atom. The molecule has 1 aromatic carbocycles. The summed E-state index contributed by atoms with van der Waals surface area (Å²) < 4.78 is 26.0. The van der Waals surface area contributed by atoms with E-state index in [1.165, 1.54) is 6.26 Å². The van der Waals surface area contributed by atoms with Crippen LogP contribution in [0.3, 0.4) is 0 Å². The molecule has 3 aromatic heterocycles. The van der Waals surface area contributed by atoms with Crippen LogP contribution in [0.5, 0.6) is 0 Å². The number of hydrogen-bond donors (Lipinski definition) is 2. The van der Waals surface area contributed by atoms with Crippen molar-refractivity contribution in [3.8, 4) is 11.4 Å². The Kier molecular flexibility index (Phi) is 7.33. The molecule has 1 fully saturated rings. The van der Waals surface area contributed by atoms with Gasteiger partial charge in [-0.3, -0.25) is 9.78 Å². The summed E-state index contributed by atoms with van der Waals surface area (Å²) in [6.45, 7) is 7.51. The summed E-state index contributed by atoms with van der Waals surface area (Å²) in [6, 6.07) is 16.7. The number of ether oxygens (including phenoxy) is 1. The number of benzene rings is 1. The van der Waals surface area contributed by atoms with Crippen molar-refractivity contribution in [3.63, 3.8) is 0 Å². The maximum atomic E-state index is 12.8. The minimum atomic E-state index is -2.90. The third kappa shape index (κ3) is 6.23. The Balaban J connectivity index is 1.35. The van der Waals surface area contributed by atoms with E-state index in [-0.39, 0.29) is 24.5 Å². The lowest BCUT2D eigenvalue weighted by atomic mass is 10.1. The van der Waals surface area contributed by atoms with Crippen LogP contribution in [0, 0.1) is 11.7 Å². The van der Waals surface area contributed by atoms with Crippen molar-refractivity contribution in [2.24, 2.45) is 0 Å². The first-order chi connectivity index (χ1) is 18.5. The third-order valence-corrected chi connectivity index (χ3v) is 7.88. The molecule has 0 bridgehead atoms. The molecular weight excluding hydrogens is 512 g/mol. The zero-order chi connectivity index (χ0) is 27.7. The number of anilines is 2. The normalized spacial score (nSPS) is 19.0. The zero-order valence-corrected chi connectivity index (χ0v) is 23.3. The van der Waals surface area contributed by atoms with Crippen molar-refractivity contribution in [2.45, 2.75) is 44.3 Å². The molecule has 1 aliphatic heterocycles. The molecule has 0 saturated carbocycles. The summed E-state index contributed by atoms with van der Waals surface area (Å²) in [4.78, 5) is 29.6. The van der Waals surface area contributed by atoms with Crippen molar-refractivity contribution in [1.29, 1.82) is 4.78 Å². The van der Waals surface area contributed by atoms with Crippen molar-refractivity contribution in [3.05, 3.63) is 72.1 Å². The number of pyridine rings is 3. The van der Waals surface area contributed by atoms with Gasteiger partial charge in [0.2, 0.25) is 5.91 Å². The largest absolute Gasteiger partial charge is 0.372 e. The Labute approximate surface area is 228 Å². The molecule has 0 radical (unpaired) electrons. The number of nitrogens with zero attached hydrogens (tertiary/aromatic N) is 4. The number of carbonyl (C=O) groups is 1. The number of rotatable bonds is 6. The minimum absolute atomic E-state index is 0.0502. The monoisotopic (exact) mass is 544 g/mol. The molecule has 9 nitrogen and oxygen atoms in total. The average Bonchev–Trinajstić information content (AvgIpc) is 2.88. The summed E-state index contributed by atoms with van der Waals surface area (Å²) in [7, 11) is -2.90. The Hall–Kier alpha value is -3.89. The standard InChI is InChI=1S/C29H32N6O3S/c1-18-8-10-22(13-27(18)39(4,30)37)32-29(36)14-23-12-26-21(15-31-23)9-11-25(33-26)24-6-5-7-28(34-24)35-16-19(2)38-20(3)17-35/h5-13,15,19-20,30H,14,16-17H2,1-4H3,(H,32,36)/t19-,20+,39?. The lowest BCUT2D eigenvalue weighted by Crippen LogP contribution is -2.45. The highest BCUT2D eigenvalue weighted by Gasteiger charge is 2.23. The van der Waals surface area contributed by atoms with Gasteiger partial charge in [-0.05, 0) is 68.8 Å². The quantitative estimate of drug-likeness (QED) is 0.357. The molecule has 1 amide bonds. The SMILES string of the molecule is Cc1ccc(NC(=O)Cc2cc3nc(-c4cccc(N5C[C@@H](C)O[C@@H](C)C5)n4)ccc3cn2)cc1S(C)(=N)=O. The number of nitrogens with one attached hydrogen (secondary N) is 2. The molecule has 39 heavy (non-hydrogen) atoms. The molecule has 3 atom stereocenters. The number of carbonyl (C=O) groups excluding carboxylic acids is 1. The van der Waals surface area contributed by atoms with Crippen LogP contribution >= 0.6 is 0 Å². The summed E-state index contributed by atoms with van der Waals surface area (Å²) in [5, 5.41) is 3.69. The van der Waals surface area contributed by atoms with Crippen LogP contribution in [0.4, 0.5) is 11.5 Å². The fourth-order valence-corrected chi connectivity index (χ4v) is 5.91. The van der Waals surface area contributed by atoms with Crippen molar-refractivity contribution in [1.82, 2.24) is 15.0 Å². The van der Waals surface area contributed by atoms with Gasteiger partial charge >= 0.3 is 0 Å². The molecule has 1 unspecified atom stereocenters. The minimum Gasteiger partial charge on any atom is -0.372 e. The number of aryl methyl sites for hydroxylation is 1. The van der Waals surface area contributed by atoms with Gasteiger partial charge in [-0.1, -0.05) is 12.1 Å². The van der Waals surface area contributed by atoms with E-state index >= 15 is 0 Å². The predicted molar refractivity (Wildman–Crippen MR) is 154 cm³/mol. The average molecular weight is 545 g/mol. The van der Waals surface area contributed by atoms with Gasteiger partial charge in [0.25, 0.3) is 0 Å². The molecular formula is C29H32N6O3S. The first kappa shape index (κ1) is 26.7. The highest BCUT2D eigenvalue weighted by Crippen LogP contribution is 2.25. The van der Waals surface area contributed by atoms with E-state index in [0.717, 1.165) is 46.8 Å². The van der Waals surface area contributed by atoms with Crippen LogP contribution < -0.4 is 10.2 Å². The van der Waals surface area contributed by atoms with Gasteiger partial charge in [-0.25, -0.2) is 19.0 Å². The molecule has 2 N–H and O–H groups in total. The van der Waals surface area contributed by atoms with Crippen molar-refractivity contribution >= 4 is 38.0 Å². The molecule has 5 rings (SSSR count). The Morgan fingerprint density at radius 2 is 1.82 bits per heavy atom. The molecule has 1 aliphatic rings. The summed E-state index contributed by atoms with van der Waals surface area (Å²) in [5.41, 5.74) is 4.07. The third-order valence-electron chi connectivity index (χ3n) is 6.60. The Bertz CT molecular complexity index is 1650. The molecule has 4 heterocycles.